The largest absolute Gasteiger partial charge is 0.327 e. The summed E-state index contributed by atoms with van der Waals surface area (Å²) in [6.45, 7) is 4.00. The zero-order valence-corrected chi connectivity index (χ0v) is 8.90. The van der Waals surface area contributed by atoms with Crippen molar-refractivity contribution in [3.8, 4) is 0 Å². The lowest BCUT2D eigenvalue weighted by atomic mass is 10.1. The molecule has 0 bridgehead atoms. The number of para-hydroxylation sites is 2. The van der Waals surface area contributed by atoms with E-state index in [1.165, 1.54) is 0 Å². The molecule has 80 valence electrons. The topological polar surface area (TPSA) is 63.8 Å². The van der Waals surface area contributed by atoms with Gasteiger partial charge in [0.1, 0.15) is 0 Å². The Labute approximate surface area is 87.7 Å². The van der Waals surface area contributed by atoms with E-state index in [1.807, 2.05) is 38.1 Å². The lowest BCUT2D eigenvalue weighted by molar-refractivity contribution is 0.389. The van der Waals surface area contributed by atoms with Gasteiger partial charge in [-0.2, -0.15) is 0 Å². The monoisotopic (exact) mass is 205 g/mol. The summed E-state index contributed by atoms with van der Waals surface area (Å²) in [5.41, 5.74) is 7.55. The third kappa shape index (κ3) is 1.57. The van der Waals surface area contributed by atoms with Crippen LogP contribution in [0.5, 0.6) is 0 Å². The summed E-state index contributed by atoms with van der Waals surface area (Å²) in [5.74, 6) is 0.224. The average Bonchev–Trinajstić information content (AvgIpc) is 2.52. The van der Waals surface area contributed by atoms with Crippen molar-refractivity contribution in [2.75, 3.05) is 0 Å². The first-order chi connectivity index (χ1) is 7.11. The summed E-state index contributed by atoms with van der Waals surface area (Å²) >= 11 is 0. The van der Waals surface area contributed by atoms with Gasteiger partial charge in [-0.25, -0.2) is 4.79 Å². The second-order valence-electron chi connectivity index (χ2n) is 4.05. The molecule has 0 aliphatic carbocycles. The van der Waals surface area contributed by atoms with Gasteiger partial charge < -0.3 is 10.7 Å². The predicted molar refractivity (Wildman–Crippen MR) is 60.6 cm³/mol. The van der Waals surface area contributed by atoms with Crippen molar-refractivity contribution in [2.24, 2.45) is 11.7 Å². The van der Waals surface area contributed by atoms with Crippen LogP contribution >= 0.6 is 0 Å². The highest BCUT2D eigenvalue weighted by atomic mass is 16.1. The SMILES string of the molecule is CC(C)C(N)n1c(=O)[nH]c2ccccc21. The highest BCUT2D eigenvalue weighted by molar-refractivity contribution is 5.75. The van der Waals surface area contributed by atoms with Crippen LogP contribution in [0, 0.1) is 5.92 Å². The first-order valence-electron chi connectivity index (χ1n) is 5.06. The quantitative estimate of drug-likeness (QED) is 0.779. The van der Waals surface area contributed by atoms with E-state index in [9.17, 15) is 4.79 Å². The fraction of sp³-hybridized carbons (Fsp3) is 0.364. The minimum absolute atomic E-state index is 0.141. The first kappa shape index (κ1) is 9.98. The van der Waals surface area contributed by atoms with Crippen LogP contribution in [0.4, 0.5) is 0 Å². The van der Waals surface area contributed by atoms with Crippen molar-refractivity contribution in [3.63, 3.8) is 0 Å². The van der Waals surface area contributed by atoms with E-state index in [0.717, 1.165) is 11.0 Å². The van der Waals surface area contributed by atoms with E-state index >= 15 is 0 Å². The molecule has 1 heterocycles. The first-order valence-corrected chi connectivity index (χ1v) is 5.06. The molecule has 0 radical (unpaired) electrons. The second kappa shape index (κ2) is 3.55. The third-order valence-electron chi connectivity index (χ3n) is 2.61. The molecule has 0 aliphatic rings. The molecule has 2 aromatic rings. The lowest BCUT2D eigenvalue weighted by Crippen LogP contribution is -2.31. The number of nitrogens with one attached hydrogen (secondary N) is 1. The van der Waals surface area contributed by atoms with Crippen LogP contribution in [-0.4, -0.2) is 9.55 Å². The molecular weight excluding hydrogens is 190 g/mol. The van der Waals surface area contributed by atoms with Crippen LogP contribution in [-0.2, 0) is 0 Å². The molecule has 0 saturated heterocycles. The van der Waals surface area contributed by atoms with Crippen molar-refractivity contribution in [3.05, 3.63) is 34.7 Å². The number of imidazole rings is 1. The smallest absolute Gasteiger partial charge is 0.311 e. The van der Waals surface area contributed by atoms with Crippen LogP contribution in [0.1, 0.15) is 20.0 Å². The molecule has 15 heavy (non-hydrogen) atoms. The fourth-order valence-electron chi connectivity index (χ4n) is 1.67. The van der Waals surface area contributed by atoms with Gasteiger partial charge in [-0.1, -0.05) is 26.0 Å². The molecule has 1 unspecified atom stereocenters. The number of aromatic amines is 1. The molecule has 4 nitrogen and oxygen atoms in total. The molecule has 1 aromatic carbocycles. The van der Waals surface area contributed by atoms with E-state index in [1.54, 1.807) is 4.57 Å². The summed E-state index contributed by atoms with van der Waals surface area (Å²) in [6.07, 6.45) is -0.284. The van der Waals surface area contributed by atoms with Crippen LogP contribution in [0.2, 0.25) is 0 Å². The van der Waals surface area contributed by atoms with Gasteiger partial charge in [-0.3, -0.25) is 4.57 Å². The van der Waals surface area contributed by atoms with E-state index in [0.29, 0.717) is 0 Å². The van der Waals surface area contributed by atoms with E-state index < -0.39 is 0 Å². The van der Waals surface area contributed by atoms with Crippen molar-refractivity contribution in [1.82, 2.24) is 9.55 Å². The normalized spacial score (nSPS) is 13.6. The molecule has 1 aromatic heterocycles. The van der Waals surface area contributed by atoms with E-state index in [-0.39, 0.29) is 17.8 Å². The maximum atomic E-state index is 11.7. The van der Waals surface area contributed by atoms with Crippen LogP contribution in [0.3, 0.4) is 0 Å². The van der Waals surface area contributed by atoms with Gasteiger partial charge >= 0.3 is 5.69 Å². The highest BCUT2D eigenvalue weighted by Gasteiger charge is 2.15. The summed E-state index contributed by atoms with van der Waals surface area (Å²) in [7, 11) is 0. The van der Waals surface area contributed by atoms with Crippen LogP contribution < -0.4 is 11.4 Å². The number of fused-ring (bicyclic) bond motifs is 1. The molecule has 4 heteroatoms. The Hall–Kier alpha value is -1.55. The van der Waals surface area contributed by atoms with Gasteiger partial charge in [0.25, 0.3) is 0 Å². The zero-order chi connectivity index (χ0) is 11.0. The maximum Gasteiger partial charge on any atom is 0.327 e. The predicted octanol–water partition coefficient (Wildman–Crippen LogP) is 1.44. The molecule has 3 N–H and O–H groups in total. The fourth-order valence-corrected chi connectivity index (χ4v) is 1.67. The Morgan fingerprint density at radius 1 is 1.33 bits per heavy atom. The molecule has 0 fully saturated rings. The molecule has 0 aliphatic heterocycles. The Balaban J connectivity index is 2.69. The van der Waals surface area contributed by atoms with Crippen LogP contribution in [0.25, 0.3) is 11.0 Å². The summed E-state index contributed by atoms with van der Waals surface area (Å²) < 4.78 is 1.61. The Kier molecular flexibility index (Phi) is 2.36. The Morgan fingerprint density at radius 3 is 2.67 bits per heavy atom. The van der Waals surface area contributed by atoms with Gasteiger partial charge in [0.05, 0.1) is 17.2 Å². The second-order valence-corrected chi connectivity index (χ2v) is 4.05. The van der Waals surface area contributed by atoms with Gasteiger partial charge in [0, 0.05) is 0 Å². The van der Waals surface area contributed by atoms with Crippen molar-refractivity contribution in [1.29, 1.82) is 0 Å². The minimum atomic E-state index is -0.284. The zero-order valence-electron chi connectivity index (χ0n) is 8.90. The van der Waals surface area contributed by atoms with E-state index in [2.05, 4.69) is 4.98 Å². The van der Waals surface area contributed by atoms with Gasteiger partial charge in [0.15, 0.2) is 0 Å². The van der Waals surface area contributed by atoms with Crippen molar-refractivity contribution >= 4 is 11.0 Å². The van der Waals surface area contributed by atoms with Crippen LogP contribution in [0.15, 0.2) is 29.1 Å². The Morgan fingerprint density at radius 2 is 2.00 bits per heavy atom. The number of benzene rings is 1. The average molecular weight is 205 g/mol. The standard InChI is InChI=1S/C11H15N3O/c1-7(2)10(12)14-9-6-4-3-5-8(9)13-11(14)15/h3-7,10H,12H2,1-2H3,(H,13,15). The van der Waals surface area contributed by atoms with E-state index in [4.69, 9.17) is 5.73 Å². The van der Waals surface area contributed by atoms with Gasteiger partial charge in [-0.05, 0) is 18.1 Å². The van der Waals surface area contributed by atoms with Crippen molar-refractivity contribution < 1.29 is 0 Å². The minimum Gasteiger partial charge on any atom is -0.311 e. The maximum absolute atomic E-state index is 11.7. The summed E-state index contributed by atoms with van der Waals surface area (Å²) in [5, 5.41) is 0. The molecule has 0 saturated carbocycles. The molecule has 1 atom stereocenters. The van der Waals surface area contributed by atoms with Crippen molar-refractivity contribution in [2.45, 2.75) is 20.0 Å². The molecule has 0 amide bonds. The lowest BCUT2D eigenvalue weighted by Gasteiger charge is -2.16. The molecular formula is C11H15N3O. The number of aromatic nitrogens is 2. The van der Waals surface area contributed by atoms with Gasteiger partial charge in [-0.15, -0.1) is 0 Å². The number of hydrogen-bond donors (Lipinski definition) is 2. The number of hydrogen-bond acceptors (Lipinski definition) is 2. The number of rotatable bonds is 2. The Bertz CT molecular complexity index is 524. The summed E-state index contributed by atoms with van der Waals surface area (Å²) in [6, 6.07) is 7.57. The number of nitrogens with zero attached hydrogens (tertiary/aromatic N) is 1. The number of H-pyrrole nitrogens is 1. The molecule has 0 spiro atoms. The van der Waals surface area contributed by atoms with Gasteiger partial charge in [0.2, 0.25) is 0 Å². The number of nitrogens with two attached hydrogens (primary N) is 1. The third-order valence-corrected chi connectivity index (χ3v) is 2.61. The highest BCUT2D eigenvalue weighted by Crippen LogP contribution is 2.16. The molecule has 2 rings (SSSR count). The summed E-state index contributed by atoms with van der Waals surface area (Å²) in [4.78, 5) is 14.5.